The summed E-state index contributed by atoms with van der Waals surface area (Å²) in [5.74, 6) is -0.604. The Hall–Kier alpha value is -4.51. The molecule has 0 aromatic heterocycles. The van der Waals surface area contributed by atoms with Crippen LogP contribution in [0.2, 0.25) is 0 Å². The van der Waals surface area contributed by atoms with E-state index in [0.29, 0.717) is 24.0 Å². The van der Waals surface area contributed by atoms with Crippen LogP contribution in [0.3, 0.4) is 0 Å². The Bertz CT molecular complexity index is 1430. The van der Waals surface area contributed by atoms with Gasteiger partial charge in [0.2, 0.25) is 5.91 Å². The summed E-state index contributed by atoms with van der Waals surface area (Å²) in [6.45, 7) is 2.00. The molecule has 0 bridgehead atoms. The monoisotopic (exact) mass is 516 g/mol. The molecule has 5 nitrogen and oxygen atoms in total. The molecule has 4 aromatic rings. The number of rotatable bonds is 9. The molecule has 0 saturated heterocycles. The summed E-state index contributed by atoms with van der Waals surface area (Å²) >= 11 is 0. The first kappa shape index (κ1) is 26.1. The molecule has 39 heavy (non-hydrogen) atoms. The summed E-state index contributed by atoms with van der Waals surface area (Å²) in [4.78, 5) is 43.1. The van der Waals surface area contributed by atoms with Crippen molar-refractivity contribution in [1.29, 1.82) is 0 Å². The fourth-order valence-electron chi connectivity index (χ4n) is 5.24. The smallest absolute Gasteiger partial charge is 0.261 e. The molecule has 0 radical (unpaired) electrons. The quantitative estimate of drug-likeness (QED) is 0.237. The van der Waals surface area contributed by atoms with Gasteiger partial charge in [-0.05, 0) is 54.2 Å². The molecule has 0 spiro atoms. The zero-order valence-corrected chi connectivity index (χ0v) is 22.3. The summed E-state index contributed by atoms with van der Waals surface area (Å²) in [5, 5.41) is 0. The van der Waals surface area contributed by atoms with E-state index in [4.69, 9.17) is 0 Å². The lowest BCUT2D eigenvalue weighted by molar-refractivity contribution is -0.132. The summed E-state index contributed by atoms with van der Waals surface area (Å²) < 4.78 is 0. The number of carbonyl (C=O) groups excluding carboxylic acids is 3. The molecule has 0 saturated carbocycles. The van der Waals surface area contributed by atoms with Gasteiger partial charge in [0, 0.05) is 19.5 Å². The molecule has 0 N–H and O–H groups in total. The Morgan fingerprint density at radius 1 is 0.718 bits per heavy atom. The van der Waals surface area contributed by atoms with E-state index in [1.54, 1.807) is 36.2 Å². The van der Waals surface area contributed by atoms with Gasteiger partial charge in [-0.1, -0.05) is 97.1 Å². The van der Waals surface area contributed by atoms with E-state index in [1.165, 1.54) is 4.90 Å². The van der Waals surface area contributed by atoms with E-state index >= 15 is 0 Å². The van der Waals surface area contributed by atoms with Crippen molar-refractivity contribution in [1.82, 2.24) is 9.80 Å². The van der Waals surface area contributed by atoms with Gasteiger partial charge >= 0.3 is 0 Å². The predicted octanol–water partition coefficient (Wildman–Crippen LogP) is 6.56. The molecule has 0 aliphatic carbocycles. The number of benzene rings is 4. The van der Waals surface area contributed by atoms with Crippen molar-refractivity contribution in [2.45, 2.75) is 38.3 Å². The molecule has 3 amide bonds. The highest BCUT2D eigenvalue weighted by atomic mass is 16.2. The van der Waals surface area contributed by atoms with E-state index in [-0.39, 0.29) is 30.2 Å². The summed E-state index contributed by atoms with van der Waals surface area (Å²) in [7, 11) is 1.80. The standard InChI is InChI=1S/C34H32N2O3/c1-24(26-11-5-3-6-12-26)35(2)32(37)22-21-29(36-33(38)30-15-9-10-16-31(30)34(36)39)23-25-17-19-28(20-18-25)27-13-7-4-8-14-27/h3-20,24,29H,21-23H2,1-2H3. The number of amides is 3. The van der Waals surface area contributed by atoms with Gasteiger partial charge in [0.05, 0.1) is 17.2 Å². The highest BCUT2D eigenvalue weighted by Gasteiger charge is 2.39. The highest BCUT2D eigenvalue weighted by molar-refractivity contribution is 6.21. The van der Waals surface area contributed by atoms with Crippen LogP contribution >= 0.6 is 0 Å². The molecule has 1 heterocycles. The van der Waals surface area contributed by atoms with E-state index in [2.05, 4.69) is 24.3 Å². The fourth-order valence-corrected chi connectivity index (χ4v) is 5.24. The molecule has 1 aliphatic rings. The lowest BCUT2D eigenvalue weighted by Crippen LogP contribution is -2.42. The molecule has 196 valence electrons. The van der Waals surface area contributed by atoms with E-state index in [9.17, 15) is 14.4 Å². The third kappa shape index (κ3) is 5.53. The average Bonchev–Trinajstić information content (AvgIpc) is 3.25. The van der Waals surface area contributed by atoms with Gasteiger partial charge in [0.15, 0.2) is 0 Å². The van der Waals surface area contributed by atoms with Crippen LogP contribution in [0.1, 0.15) is 57.7 Å². The van der Waals surface area contributed by atoms with Gasteiger partial charge in [0.25, 0.3) is 11.8 Å². The fraction of sp³-hybridized carbons (Fsp3) is 0.206. The molecule has 0 fully saturated rings. The summed E-state index contributed by atoms with van der Waals surface area (Å²) in [6, 6.07) is 34.7. The Morgan fingerprint density at radius 2 is 1.23 bits per heavy atom. The first-order valence-corrected chi connectivity index (χ1v) is 13.4. The lowest BCUT2D eigenvalue weighted by atomic mass is 9.97. The van der Waals surface area contributed by atoms with Crippen molar-refractivity contribution in [3.8, 4) is 11.1 Å². The topological polar surface area (TPSA) is 57.7 Å². The Balaban J connectivity index is 1.36. The Labute approximate surface area is 229 Å². The number of nitrogens with zero attached hydrogens (tertiary/aromatic N) is 2. The van der Waals surface area contributed by atoms with Crippen LogP contribution in [0, 0.1) is 0 Å². The van der Waals surface area contributed by atoms with Gasteiger partial charge in [0.1, 0.15) is 0 Å². The second-order valence-corrected chi connectivity index (χ2v) is 10.1. The zero-order chi connectivity index (χ0) is 27.4. The number of imide groups is 1. The maximum Gasteiger partial charge on any atom is 0.261 e. The summed E-state index contributed by atoms with van der Waals surface area (Å²) in [6.07, 6.45) is 1.09. The SMILES string of the molecule is CC(c1ccccc1)N(C)C(=O)CCC(Cc1ccc(-c2ccccc2)cc1)N1C(=O)c2ccccc2C1=O. The van der Waals surface area contributed by atoms with Crippen molar-refractivity contribution in [2.24, 2.45) is 0 Å². The van der Waals surface area contributed by atoms with Crippen LogP contribution in [-0.2, 0) is 11.2 Å². The van der Waals surface area contributed by atoms with E-state index in [1.807, 2.05) is 67.6 Å². The number of fused-ring (bicyclic) bond motifs is 1. The Kier molecular flexibility index (Phi) is 7.69. The number of carbonyl (C=O) groups is 3. The Morgan fingerprint density at radius 3 is 1.82 bits per heavy atom. The highest BCUT2D eigenvalue weighted by Crippen LogP contribution is 2.29. The molecule has 1 aliphatic heterocycles. The van der Waals surface area contributed by atoms with Gasteiger partial charge < -0.3 is 4.90 Å². The van der Waals surface area contributed by atoms with Crippen LogP contribution in [0.5, 0.6) is 0 Å². The summed E-state index contributed by atoms with van der Waals surface area (Å²) in [5.41, 5.74) is 5.14. The largest absolute Gasteiger partial charge is 0.339 e. The molecule has 2 unspecified atom stereocenters. The van der Waals surface area contributed by atoms with Crippen molar-refractivity contribution in [3.05, 3.63) is 131 Å². The van der Waals surface area contributed by atoms with Gasteiger partial charge in [-0.3, -0.25) is 19.3 Å². The van der Waals surface area contributed by atoms with Crippen LogP contribution in [0.25, 0.3) is 11.1 Å². The first-order chi connectivity index (χ1) is 18.9. The maximum absolute atomic E-state index is 13.4. The second-order valence-electron chi connectivity index (χ2n) is 10.1. The van der Waals surface area contributed by atoms with Gasteiger partial charge in [-0.15, -0.1) is 0 Å². The second kappa shape index (κ2) is 11.5. The third-order valence-corrected chi connectivity index (χ3v) is 7.67. The minimum atomic E-state index is -0.440. The minimum Gasteiger partial charge on any atom is -0.339 e. The van der Waals surface area contributed by atoms with E-state index in [0.717, 1.165) is 22.3 Å². The molecular weight excluding hydrogens is 484 g/mol. The molecule has 5 rings (SSSR count). The molecule has 5 heteroatoms. The van der Waals surface area contributed by atoms with Crippen LogP contribution in [0.15, 0.2) is 109 Å². The number of hydrogen-bond acceptors (Lipinski definition) is 3. The predicted molar refractivity (Wildman–Crippen MR) is 153 cm³/mol. The van der Waals surface area contributed by atoms with Crippen molar-refractivity contribution >= 4 is 17.7 Å². The first-order valence-electron chi connectivity index (χ1n) is 13.4. The van der Waals surface area contributed by atoms with Gasteiger partial charge in [-0.2, -0.15) is 0 Å². The normalized spacial score (nSPS) is 14.2. The maximum atomic E-state index is 13.4. The van der Waals surface area contributed by atoms with Crippen LogP contribution < -0.4 is 0 Å². The van der Waals surface area contributed by atoms with Crippen molar-refractivity contribution < 1.29 is 14.4 Å². The third-order valence-electron chi connectivity index (χ3n) is 7.67. The zero-order valence-electron chi connectivity index (χ0n) is 22.3. The molecule has 2 atom stereocenters. The molecule has 4 aromatic carbocycles. The lowest BCUT2D eigenvalue weighted by Gasteiger charge is -2.29. The van der Waals surface area contributed by atoms with Crippen molar-refractivity contribution in [2.75, 3.05) is 7.05 Å². The van der Waals surface area contributed by atoms with Crippen LogP contribution in [0.4, 0.5) is 0 Å². The van der Waals surface area contributed by atoms with Crippen LogP contribution in [-0.4, -0.2) is 40.6 Å². The van der Waals surface area contributed by atoms with Crippen molar-refractivity contribution in [3.63, 3.8) is 0 Å². The average molecular weight is 517 g/mol. The molecular formula is C34H32N2O3. The number of hydrogen-bond donors (Lipinski definition) is 0. The minimum absolute atomic E-state index is 0.0209. The van der Waals surface area contributed by atoms with E-state index < -0.39 is 6.04 Å². The van der Waals surface area contributed by atoms with Gasteiger partial charge in [-0.25, -0.2) is 0 Å².